The molecule has 2 aromatic carbocycles. The quantitative estimate of drug-likeness (QED) is 0.574. The summed E-state index contributed by atoms with van der Waals surface area (Å²) < 4.78 is 5.38. The number of aryl methyl sites for hydroxylation is 1. The molecule has 0 saturated carbocycles. The van der Waals surface area contributed by atoms with E-state index in [1.54, 1.807) is 7.11 Å². The van der Waals surface area contributed by atoms with E-state index in [0.717, 1.165) is 28.4 Å². The minimum absolute atomic E-state index is 0.113. The van der Waals surface area contributed by atoms with Crippen LogP contribution in [0.2, 0.25) is 0 Å². The fourth-order valence-electron chi connectivity index (χ4n) is 2.76. The molecule has 0 unspecified atom stereocenters. The number of nitrogens with zero attached hydrogens (tertiary/aromatic N) is 2. The van der Waals surface area contributed by atoms with Crippen molar-refractivity contribution in [2.45, 2.75) is 20.4 Å². The Bertz CT molecular complexity index is 975. The molecule has 1 heterocycles. The highest BCUT2D eigenvalue weighted by molar-refractivity contribution is 5.89. The molecule has 1 aromatic heterocycles. The van der Waals surface area contributed by atoms with E-state index in [9.17, 15) is 4.79 Å². The number of benzene rings is 2. The summed E-state index contributed by atoms with van der Waals surface area (Å²) in [6.45, 7) is 3.94. The van der Waals surface area contributed by atoms with Crippen LogP contribution in [0.3, 0.4) is 0 Å². The van der Waals surface area contributed by atoms with Gasteiger partial charge in [-0.05, 0) is 31.2 Å². The van der Waals surface area contributed by atoms with Crippen LogP contribution < -0.4 is 20.7 Å². The molecule has 3 rings (SSSR count). The van der Waals surface area contributed by atoms with Crippen molar-refractivity contribution in [1.29, 1.82) is 0 Å². The van der Waals surface area contributed by atoms with Gasteiger partial charge in [-0.2, -0.15) is 4.98 Å². The Morgan fingerprint density at radius 1 is 1.04 bits per heavy atom. The number of hydrogen-bond donors (Lipinski definition) is 3. The lowest BCUT2D eigenvalue weighted by atomic mass is 10.2. The normalized spacial score (nSPS) is 10.2. The van der Waals surface area contributed by atoms with Crippen molar-refractivity contribution in [3.05, 3.63) is 65.9 Å². The molecule has 0 spiro atoms. The summed E-state index contributed by atoms with van der Waals surface area (Å²) in [6.07, 6.45) is 0. The number of aromatic nitrogens is 2. The van der Waals surface area contributed by atoms with E-state index in [1.165, 1.54) is 6.92 Å². The SMILES string of the molecule is COc1ccccc1CNc1nc(C)cc(Nc2cccc(NC(C)=O)c2)n1. The Labute approximate surface area is 164 Å². The summed E-state index contributed by atoms with van der Waals surface area (Å²) in [5.74, 6) is 1.88. The average Bonchev–Trinajstić information content (AvgIpc) is 2.66. The smallest absolute Gasteiger partial charge is 0.225 e. The predicted molar refractivity (Wildman–Crippen MR) is 111 cm³/mol. The molecule has 7 heteroatoms. The Morgan fingerprint density at radius 2 is 1.82 bits per heavy atom. The largest absolute Gasteiger partial charge is 0.496 e. The highest BCUT2D eigenvalue weighted by atomic mass is 16.5. The van der Waals surface area contributed by atoms with Crippen LogP contribution >= 0.6 is 0 Å². The summed E-state index contributed by atoms with van der Waals surface area (Å²) in [5.41, 5.74) is 3.39. The second-order valence-corrected chi connectivity index (χ2v) is 6.27. The van der Waals surface area contributed by atoms with Crippen molar-refractivity contribution in [3.63, 3.8) is 0 Å². The molecule has 28 heavy (non-hydrogen) atoms. The first-order valence-corrected chi connectivity index (χ1v) is 8.89. The van der Waals surface area contributed by atoms with Crippen molar-refractivity contribution in [2.24, 2.45) is 0 Å². The zero-order valence-corrected chi connectivity index (χ0v) is 16.1. The second kappa shape index (κ2) is 8.85. The van der Waals surface area contributed by atoms with E-state index < -0.39 is 0 Å². The van der Waals surface area contributed by atoms with Crippen LogP contribution in [0, 0.1) is 6.92 Å². The van der Waals surface area contributed by atoms with Crippen molar-refractivity contribution in [2.75, 3.05) is 23.1 Å². The maximum Gasteiger partial charge on any atom is 0.225 e. The van der Waals surface area contributed by atoms with Crippen LogP contribution in [0.15, 0.2) is 54.6 Å². The third-order valence-electron chi connectivity index (χ3n) is 3.94. The molecule has 0 radical (unpaired) electrons. The zero-order valence-electron chi connectivity index (χ0n) is 16.1. The Morgan fingerprint density at radius 3 is 2.61 bits per heavy atom. The molecule has 3 aromatic rings. The molecule has 0 saturated heterocycles. The van der Waals surface area contributed by atoms with Gasteiger partial charge in [-0.15, -0.1) is 0 Å². The highest BCUT2D eigenvalue weighted by Crippen LogP contribution is 2.21. The van der Waals surface area contributed by atoms with Crippen LogP contribution in [0.5, 0.6) is 5.75 Å². The van der Waals surface area contributed by atoms with Crippen LogP contribution in [-0.4, -0.2) is 23.0 Å². The first kappa shape index (κ1) is 19.2. The molecule has 0 aliphatic carbocycles. The summed E-state index contributed by atoms with van der Waals surface area (Å²) >= 11 is 0. The first-order valence-electron chi connectivity index (χ1n) is 8.89. The minimum Gasteiger partial charge on any atom is -0.496 e. The van der Waals surface area contributed by atoms with Gasteiger partial charge in [0.1, 0.15) is 11.6 Å². The molecule has 0 aliphatic rings. The predicted octanol–water partition coefficient (Wildman–Crippen LogP) is 4.11. The van der Waals surface area contributed by atoms with Crippen LogP contribution in [-0.2, 0) is 11.3 Å². The fourth-order valence-corrected chi connectivity index (χ4v) is 2.76. The molecule has 1 amide bonds. The first-order chi connectivity index (χ1) is 13.5. The van der Waals surface area contributed by atoms with E-state index in [2.05, 4.69) is 25.9 Å². The standard InChI is InChI=1S/C21H23N5O2/c1-14-11-20(25-18-9-6-8-17(12-18)24-15(2)27)26-21(23-14)22-13-16-7-4-5-10-19(16)28-3/h4-12H,13H2,1-3H3,(H,24,27)(H2,22,23,25,26). The van der Waals surface area contributed by atoms with E-state index in [4.69, 9.17) is 4.74 Å². The third kappa shape index (κ3) is 5.20. The molecular weight excluding hydrogens is 354 g/mol. The number of hydrogen-bond acceptors (Lipinski definition) is 6. The molecule has 7 nitrogen and oxygen atoms in total. The summed E-state index contributed by atoms with van der Waals surface area (Å²) in [5, 5.41) is 9.26. The molecule has 144 valence electrons. The second-order valence-electron chi connectivity index (χ2n) is 6.27. The van der Waals surface area contributed by atoms with Gasteiger partial charge in [0.2, 0.25) is 11.9 Å². The molecular formula is C21H23N5O2. The number of carbonyl (C=O) groups is 1. The van der Waals surface area contributed by atoms with Gasteiger partial charge in [0.25, 0.3) is 0 Å². The highest BCUT2D eigenvalue weighted by Gasteiger charge is 2.06. The number of ether oxygens (including phenoxy) is 1. The van der Waals surface area contributed by atoms with E-state index in [1.807, 2.05) is 61.5 Å². The van der Waals surface area contributed by atoms with Crippen molar-refractivity contribution >= 4 is 29.0 Å². The van der Waals surface area contributed by atoms with Crippen molar-refractivity contribution in [1.82, 2.24) is 9.97 Å². The van der Waals surface area contributed by atoms with Crippen LogP contribution in [0.4, 0.5) is 23.1 Å². The van der Waals surface area contributed by atoms with Gasteiger partial charge < -0.3 is 20.7 Å². The van der Waals surface area contributed by atoms with Gasteiger partial charge >= 0.3 is 0 Å². The van der Waals surface area contributed by atoms with Crippen molar-refractivity contribution < 1.29 is 9.53 Å². The van der Waals surface area contributed by atoms with E-state index in [-0.39, 0.29) is 5.91 Å². The maximum absolute atomic E-state index is 11.2. The van der Waals surface area contributed by atoms with Gasteiger partial charge in [0.05, 0.1) is 7.11 Å². The third-order valence-corrected chi connectivity index (χ3v) is 3.94. The number of nitrogens with one attached hydrogen (secondary N) is 3. The number of amides is 1. The van der Waals surface area contributed by atoms with Crippen molar-refractivity contribution in [3.8, 4) is 5.75 Å². The summed E-state index contributed by atoms with van der Waals surface area (Å²) in [6, 6.07) is 17.1. The minimum atomic E-state index is -0.113. The lowest BCUT2D eigenvalue weighted by molar-refractivity contribution is -0.114. The summed E-state index contributed by atoms with van der Waals surface area (Å²) in [7, 11) is 1.65. The number of anilines is 4. The zero-order chi connectivity index (χ0) is 19.9. The summed E-state index contributed by atoms with van der Waals surface area (Å²) in [4.78, 5) is 20.2. The molecule has 0 fully saturated rings. The Kier molecular flexibility index (Phi) is 6.06. The molecule has 3 N–H and O–H groups in total. The van der Waals surface area contributed by atoms with E-state index in [0.29, 0.717) is 18.3 Å². The lowest BCUT2D eigenvalue weighted by Gasteiger charge is -2.12. The van der Waals surface area contributed by atoms with Gasteiger partial charge in [-0.1, -0.05) is 24.3 Å². The maximum atomic E-state index is 11.2. The average molecular weight is 377 g/mol. The van der Waals surface area contributed by atoms with E-state index >= 15 is 0 Å². The Hall–Kier alpha value is -3.61. The number of para-hydroxylation sites is 1. The number of rotatable bonds is 7. The van der Waals surface area contributed by atoms with Gasteiger partial charge in [-0.3, -0.25) is 4.79 Å². The van der Waals surface area contributed by atoms with Crippen LogP contribution in [0.1, 0.15) is 18.2 Å². The van der Waals surface area contributed by atoms with Crippen LogP contribution in [0.25, 0.3) is 0 Å². The monoisotopic (exact) mass is 377 g/mol. The Balaban J connectivity index is 1.74. The van der Waals surface area contributed by atoms with Gasteiger partial charge in [-0.25, -0.2) is 4.98 Å². The topological polar surface area (TPSA) is 88.2 Å². The molecule has 0 atom stereocenters. The molecule has 0 bridgehead atoms. The van der Waals surface area contributed by atoms with Gasteiger partial charge in [0, 0.05) is 42.2 Å². The fraction of sp³-hybridized carbons (Fsp3) is 0.190. The van der Waals surface area contributed by atoms with Gasteiger partial charge in [0.15, 0.2) is 0 Å². The number of methoxy groups -OCH3 is 1. The lowest BCUT2D eigenvalue weighted by Crippen LogP contribution is -2.08. The number of carbonyl (C=O) groups excluding carboxylic acids is 1. The molecule has 0 aliphatic heterocycles.